The zero-order valence-electron chi connectivity index (χ0n) is 17.6. The maximum atomic E-state index is 13.5. The van der Waals surface area contributed by atoms with E-state index in [-0.39, 0.29) is 23.7 Å². The normalized spacial score (nSPS) is 18.9. The molecule has 0 unspecified atom stereocenters. The van der Waals surface area contributed by atoms with Gasteiger partial charge in [-0.05, 0) is 43.5 Å². The molecule has 0 saturated heterocycles. The van der Waals surface area contributed by atoms with Gasteiger partial charge in [-0.25, -0.2) is 4.98 Å². The number of nitrogens with zero attached hydrogens (tertiary/aromatic N) is 5. The highest BCUT2D eigenvalue weighted by molar-refractivity contribution is 5.60. The lowest BCUT2D eigenvalue weighted by molar-refractivity contribution is -0.137. The number of fused-ring (bicyclic) bond motifs is 1. The Morgan fingerprint density at radius 2 is 1.79 bits per heavy atom. The molecule has 170 valence electrons. The van der Waals surface area contributed by atoms with Crippen LogP contribution in [-0.2, 0) is 6.18 Å². The van der Waals surface area contributed by atoms with Gasteiger partial charge in [0.05, 0.1) is 0 Å². The third kappa shape index (κ3) is 4.59. The van der Waals surface area contributed by atoms with E-state index in [0.717, 1.165) is 43.4 Å². The lowest BCUT2D eigenvalue weighted by atomic mass is 9.85. The molecule has 1 fully saturated rings. The van der Waals surface area contributed by atoms with Gasteiger partial charge in [0.15, 0.2) is 5.65 Å². The van der Waals surface area contributed by atoms with Crippen molar-refractivity contribution in [3.05, 3.63) is 72.3 Å². The first-order valence-corrected chi connectivity index (χ1v) is 10.8. The number of pyridine rings is 1. The zero-order valence-corrected chi connectivity index (χ0v) is 17.6. The summed E-state index contributed by atoms with van der Waals surface area (Å²) in [6.07, 6.45) is 1.78. The van der Waals surface area contributed by atoms with Crippen molar-refractivity contribution in [2.24, 2.45) is 0 Å². The van der Waals surface area contributed by atoms with E-state index >= 15 is 0 Å². The van der Waals surface area contributed by atoms with Crippen LogP contribution in [0.5, 0.6) is 0 Å². The largest absolute Gasteiger partial charge is 0.421 e. The molecule has 1 aliphatic rings. The number of nitrogens with one attached hydrogen (secondary N) is 2. The molecule has 10 heteroatoms. The second kappa shape index (κ2) is 8.68. The average Bonchev–Trinajstić information content (AvgIpc) is 3.24. The minimum atomic E-state index is -4.57. The van der Waals surface area contributed by atoms with Gasteiger partial charge in [0.25, 0.3) is 0 Å². The number of hydrogen-bond donors (Lipinski definition) is 2. The van der Waals surface area contributed by atoms with Crippen LogP contribution < -0.4 is 10.6 Å². The van der Waals surface area contributed by atoms with Gasteiger partial charge in [-0.1, -0.05) is 30.7 Å². The van der Waals surface area contributed by atoms with Crippen molar-refractivity contribution in [2.45, 2.75) is 43.8 Å². The predicted molar refractivity (Wildman–Crippen MR) is 118 cm³/mol. The zero-order chi connectivity index (χ0) is 22.8. The number of alkyl halides is 3. The molecular formula is C23H22F3N7. The first-order valence-electron chi connectivity index (χ1n) is 10.8. The maximum Gasteiger partial charge on any atom is 0.421 e. The summed E-state index contributed by atoms with van der Waals surface area (Å²) < 4.78 is 42.6. The summed E-state index contributed by atoms with van der Waals surface area (Å²) in [7, 11) is 0. The smallest absolute Gasteiger partial charge is 0.351 e. The Bertz CT molecular complexity index is 1240. The summed E-state index contributed by atoms with van der Waals surface area (Å²) in [4.78, 5) is 8.14. The van der Waals surface area contributed by atoms with Gasteiger partial charge >= 0.3 is 6.18 Å². The van der Waals surface area contributed by atoms with Gasteiger partial charge in [-0.3, -0.25) is 4.40 Å². The quantitative estimate of drug-likeness (QED) is 0.420. The maximum absolute atomic E-state index is 13.5. The van der Waals surface area contributed by atoms with E-state index in [1.807, 2.05) is 28.8 Å². The van der Waals surface area contributed by atoms with Crippen LogP contribution in [0.3, 0.4) is 0 Å². The number of anilines is 3. The number of hydrogen-bond acceptors (Lipinski definition) is 6. The lowest BCUT2D eigenvalue weighted by Gasteiger charge is -2.29. The van der Waals surface area contributed by atoms with Crippen molar-refractivity contribution in [3.8, 4) is 0 Å². The molecule has 0 radical (unpaired) electrons. The second-order valence-electron chi connectivity index (χ2n) is 8.14. The van der Waals surface area contributed by atoms with E-state index in [9.17, 15) is 13.2 Å². The lowest BCUT2D eigenvalue weighted by Crippen LogP contribution is -2.28. The minimum absolute atomic E-state index is 0.0149. The van der Waals surface area contributed by atoms with Gasteiger partial charge in [0.1, 0.15) is 17.2 Å². The van der Waals surface area contributed by atoms with Gasteiger partial charge in [-0.2, -0.15) is 18.2 Å². The molecule has 1 aliphatic carbocycles. The first kappa shape index (κ1) is 21.2. The van der Waals surface area contributed by atoms with Crippen LogP contribution in [0.2, 0.25) is 0 Å². The molecule has 5 rings (SSSR count). The SMILES string of the molecule is FC(F)(F)c1cnc(N[C@@H]2CCC[C@H](c3nnc4ccccn34)C2)nc1Nc1ccccc1. The summed E-state index contributed by atoms with van der Waals surface area (Å²) in [6.45, 7) is 0. The molecule has 7 nitrogen and oxygen atoms in total. The summed E-state index contributed by atoms with van der Waals surface area (Å²) in [5, 5.41) is 14.6. The van der Waals surface area contributed by atoms with Crippen LogP contribution in [0.25, 0.3) is 5.65 Å². The highest BCUT2D eigenvalue weighted by Gasteiger charge is 2.36. The molecule has 1 aromatic carbocycles. The monoisotopic (exact) mass is 453 g/mol. The van der Waals surface area contributed by atoms with Gasteiger partial charge in [0.2, 0.25) is 5.95 Å². The highest BCUT2D eigenvalue weighted by atomic mass is 19.4. The van der Waals surface area contributed by atoms with Crippen LogP contribution in [0.4, 0.5) is 30.6 Å². The third-order valence-electron chi connectivity index (χ3n) is 5.84. The van der Waals surface area contributed by atoms with Gasteiger partial charge in [0, 0.05) is 30.0 Å². The number of aromatic nitrogens is 5. The van der Waals surface area contributed by atoms with Crippen molar-refractivity contribution in [1.29, 1.82) is 0 Å². The summed E-state index contributed by atoms with van der Waals surface area (Å²) in [5.74, 6) is 0.974. The van der Waals surface area contributed by atoms with E-state index in [0.29, 0.717) is 5.69 Å². The van der Waals surface area contributed by atoms with Crippen molar-refractivity contribution in [2.75, 3.05) is 10.6 Å². The van der Waals surface area contributed by atoms with E-state index in [1.165, 1.54) is 0 Å². The molecule has 1 saturated carbocycles. The molecule has 4 aromatic rings. The summed E-state index contributed by atoms with van der Waals surface area (Å²) in [5.41, 5.74) is 0.405. The molecule has 0 spiro atoms. The van der Waals surface area contributed by atoms with E-state index in [4.69, 9.17) is 0 Å². The van der Waals surface area contributed by atoms with Crippen LogP contribution in [0.1, 0.15) is 43.0 Å². The van der Waals surface area contributed by atoms with Crippen LogP contribution in [0.15, 0.2) is 60.9 Å². The molecule has 0 bridgehead atoms. The van der Waals surface area contributed by atoms with Crippen LogP contribution in [-0.4, -0.2) is 30.6 Å². The Kier molecular flexibility index (Phi) is 5.57. The number of halogens is 3. The Morgan fingerprint density at radius 3 is 2.61 bits per heavy atom. The molecule has 0 amide bonds. The standard InChI is InChI=1S/C23H22F3N7/c24-23(25,26)18-14-27-22(30-20(18)28-16-8-2-1-3-9-16)29-17-10-6-7-15(13-17)21-32-31-19-11-4-5-12-33(19)21/h1-5,8-9,11-12,14-15,17H,6-7,10,13H2,(H2,27,28,29,30)/t15-,17+/m0/s1. The number of rotatable bonds is 5. The molecule has 2 atom stereocenters. The number of benzene rings is 1. The minimum Gasteiger partial charge on any atom is -0.351 e. The van der Waals surface area contributed by atoms with Crippen LogP contribution >= 0.6 is 0 Å². The summed E-state index contributed by atoms with van der Waals surface area (Å²) >= 11 is 0. The number of para-hydroxylation sites is 1. The Hall–Kier alpha value is -3.69. The topological polar surface area (TPSA) is 80.0 Å². The Morgan fingerprint density at radius 1 is 0.970 bits per heavy atom. The Balaban J connectivity index is 1.36. The molecule has 33 heavy (non-hydrogen) atoms. The van der Waals surface area contributed by atoms with E-state index in [2.05, 4.69) is 30.8 Å². The third-order valence-corrected chi connectivity index (χ3v) is 5.84. The second-order valence-corrected chi connectivity index (χ2v) is 8.14. The van der Waals surface area contributed by atoms with Gasteiger partial charge in [-0.15, -0.1) is 10.2 Å². The predicted octanol–water partition coefficient (Wildman–Crippen LogP) is 5.42. The Labute approximate surface area is 188 Å². The van der Waals surface area contributed by atoms with E-state index in [1.54, 1.807) is 30.3 Å². The fourth-order valence-corrected chi connectivity index (χ4v) is 4.29. The highest BCUT2D eigenvalue weighted by Crippen LogP contribution is 2.36. The molecule has 0 aliphatic heterocycles. The fraction of sp³-hybridized carbons (Fsp3) is 0.304. The summed E-state index contributed by atoms with van der Waals surface area (Å²) in [6, 6.07) is 14.4. The average molecular weight is 453 g/mol. The molecule has 2 N–H and O–H groups in total. The van der Waals surface area contributed by atoms with Crippen molar-refractivity contribution >= 4 is 23.1 Å². The molecule has 3 heterocycles. The van der Waals surface area contributed by atoms with Crippen molar-refractivity contribution < 1.29 is 13.2 Å². The van der Waals surface area contributed by atoms with Gasteiger partial charge < -0.3 is 10.6 Å². The molecular weight excluding hydrogens is 431 g/mol. The van der Waals surface area contributed by atoms with E-state index < -0.39 is 11.7 Å². The van der Waals surface area contributed by atoms with Crippen molar-refractivity contribution in [3.63, 3.8) is 0 Å². The van der Waals surface area contributed by atoms with Crippen LogP contribution in [0, 0.1) is 0 Å². The fourth-order valence-electron chi connectivity index (χ4n) is 4.29. The first-order chi connectivity index (χ1) is 16.0. The molecule has 3 aromatic heterocycles. The van der Waals surface area contributed by atoms with Crippen molar-refractivity contribution in [1.82, 2.24) is 24.6 Å².